The van der Waals surface area contributed by atoms with Gasteiger partial charge in [0.25, 0.3) is 0 Å². The Balaban J connectivity index is 1.88. The molecule has 26 heavy (non-hydrogen) atoms. The number of hydrogen-bond donors (Lipinski definition) is 2. The van der Waals surface area contributed by atoms with E-state index in [0.717, 1.165) is 33.9 Å². The highest BCUT2D eigenvalue weighted by Crippen LogP contribution is 2.38. The lowest BCUT2D eigenvalue weighted by molar-refractivity contribution is 0.917. The number of benzene rings is 3. The third-order valence-corrected chi connectivity index (χ3v) is 4.79. The second-order valence-corrected chi connectivity index (χ2v) is 6.76. The summed E-state index contributed by atoms with van der Waals surface area (Å²) in [6.45, 7) is 4.66. The van der Waals surface area contributed by atoms with Gasteiger partial charge in [-0.1, -0.05) is 30.3 Å². The Morgan fingerprint density at radius 1 is 0.808 bits per heavy atom. The molecular weight excluding hydrogens is 320 g/mol. The van der Waals surface area contributed by atoms with Crippen LogP contribution >= 0.6 is 0 Å². The standard InChI is InChI=1S/C22H22N4/c1-15-9-11-20(19(23)12-15)26-14-25(17-6-4-3-5-7-17)22(24)18-10-8-16(2)13-21(18)26/h3-13,24H,14,23H2,1-2H3. The number of rotatable bonds is 2. The van der Waals surface area contributed by atoms with Crippen LogP contribution in [-0.2, 0) is 0 Å². The fourth-order valence-electron chi connectivity index (χ4n) is 3.44. The van der Waals surface area contributed by atoms with E-state index in [-0.39, 0.29) is 0 Å². The summed E-state index contributed by atoms with van der Waals surface area (Å²) in [6.07, 6.45) is 0. The molecule has 1 heterocycles. The zero-order valence-electron chi connectivity index (χ0n) is 15.0. The average molecular weight is 342 g/mol. The van der Waals surface area contributed by atoms with E-state index in [2.05, 4.69) is 36.1 Å². The molecular formula is C22H22N4. The van der Waals surface area contributed by atoms with Crippen LogP contribution in [0.3, 0.4) is 0 Å². The Labute approximate surface area is 154 Å². The molecule has 4 rings (SSSR count). The molecule has 4 heteroatoms. The van der Waals surface area contributed by atoms with Gasteiger partial charge >= 0.3 is 0 Å². The molecule has 0 amide bonds. The number of fused-ring (bicyclic) bond motifs is 1. The molecule has 130 valence electrons. The Morgan fingerprint density at radius 3 is 2.23 bits per heavy atom. The zero-order valence-corrected chi connectivity index (χ0v) is 15.0. The number of anilines is 4. The van der Waals surface area contributed by atoms with Crippen molar-refractivity contribution in [3.8, 4) is 0 Å². The maximum atomic E-state index is 8.74. The summed E-state index contributed by atoms with van der Waals surface area (Å²) >= 11 is 0. The van der Waals surface area contributed by atoms with Gasteiger partial charge in [0.2, 0.25) is 0 Å². The quantitative estimate of drug-likeness (QED) is 0.656. The maximum Gasteiger partial charge on any atom is 0.136 e. The van der Waals surface area contributed by atoms with Crippen LogP contribution in [0.15, 0.2) is 66.7 Å². The molecule has 1 aliphatic heterocycles. The molecule has 0 saturated heterocycles. The molecule has 3 aromatic carbocycles. The normalized spacial score (nSPS) is 13.7. The van der Waals surface area contributed by atoms with Gasteiger partial charge in [-0.05, 0) is 61.4 Å². The lowest BCUT2D eigenvalue weighted by Gasteiger charge is -2.40. The van der Waals surface area contributed by atoms with E-state index in [4.69, 9.17) is 11.1 Å². The second kappa shape index (κ2) is 6.23. The summed E-state index contributed by atoms with van der Waals surface area (Å²) < 4.78 is 0. The van der Waals surface area contributed by atoms with E-state index in [9.17, 15) is 0 Å². The van der Waals surface area contributed by atoms with E-state index in [1.165, 1.54) is 5.56 Å². The minimum atomic E-state index is 0.508. The summed E-state index contributed by atoms with van der Waals surface area (Å²) in [5, 5.41) is 8.74. The van der Waals surface area contributed by atoms with Crippen LogP contribution < -0.4 is 15.5 Å². The highest BCUT2D eigenvalue weighted by molar-refractivity contribution is 6.14. The third kappa shape index (κ3) is 2.69. The molecule has 0 atom stereocenters. The van der Waals surface area contributed by atoms with Crippen molar-refractivity contribution in [3.63, 3.8) is 0 Å². The van der Waals surface area contributed by atoms with E-state index >= 15 is 0 Å². The van der Waals surface area contributed by atoms with Crippen LogP contribution in [0.25, 0.3) is 0 Å². The molecule has 0 spiro atoms. The lowest BCUT2D eigenvalue weighted by Crippen LogP contribution is -2.45. The third-order valence-electron chi connectivity index (χ3n) is 4.79. The Kier molecular flexibility index (Phi) is 3.88. The lowest BCUT2D eigenvalue weighted by atomic mass is 10.0. The van der Waals surface area contributed by atoms with Crippen molar-refractivity contribution in [1.82, 2.24) is 0 Å². The monoisotopic (exact) mass is 342 g/mol. The molecule has 3 N–H and O–H groups in total. The highest BCUT2D eigenvalue weighted by atomic mass is 15.4. The van der Waals surface area contributed by atoms with Gasteiger partial charge in [0.1, 0.15) is 12.5 Å². The van der Waals surface area contributed by atoms with Gasteiger partial charge in [0.05, 0.1) is 17.1 Å². The largest absolute Gasteiger partial charge is 0.397 e. The predicted octanol–water partition coefficient (Wildman–Crippen LogP) is 4.83. The summed E-state index contributed by atoms with van der Waals surface area (Å²) in [4.78, 5) is 4.21. The fourth-order valence-corrected chi connectivity index (χ4v) is 3.44. The Morgan fingerprint density at radius 2 is 1.50 bits per heavy atom. The number of para-hydroxylation sites is 1. The van der Waals surface area contributed by atoms with Crippen molar-refractivity contribution < 1.29 is 0 Å². The number of amidine groups is 1. The number of nitrogens with zero attached hydrogens (tertiary/aromatic N) is 2. The topological polar surface area (TPSA) is 56.4 Å². The van der Waals surface area contributed by atoms with Crippen LogP contribution in [0, 0.1) is 19.3 Å². The van der Waals surface area contributed by atoms with Crippen molar-refractivity contribution in [2.75, 3.05) is 22.2 Å². The van der Waals surface area contributed by atoms with Gasteiger partial charge in [0.15, 0.2) is 0 Å². The van der Waals surface area contributed by atoms with E-state index in [1.54, 1.807) is 0 Å². The van der Waals surface area contributed by atoms with Crippen LogP contribution in [0.2, 0.25) is 0 Å². The van der Waals surface area contributed by atoms with Gasteiger partial charge in [-0.15, -0.1) is 0 Å². The van der Waals surface area contributed by atoms with Crippen molar-refractivity contribution in [2.24, 2.45) is 0 Å². The summed E-state index contributed by atoms with van der Waals surface area (Å²) in [7, 11) is 0. The van der Waals surface area contributed by atoms with Crippen molar-refractivity contribution >= 4 is 28.6 Å². The Hall–Kier alpha value is -3.27. The molecule has 0 saturated carbocycles. The summed E-state index contributed by atoms with van der Waals surface area (Å²) in [6, 6.07) is 22.4. The molecule has 1 aliphatic rings. The molecule has 0 radical (unpaired) electrons. The summed E-state index contributed by atoms with van der Waals surface area (Å²) in [5.41, 5.74) is 13.3. The number of nitrogens with two attached hydrogens (primary N) is 1. The molecule has 0 aliphatic carbocycles. The second-order valence-electron chi connectivity index (χ2n) is 6.76. The molecule has 3 aromatic rings. The smallest absolute Gasteiger partial charge is 0.136 e. The number of nitrogen functional groups attached to an aromatic ring is 1. The molecule has 0 aromatic heterocycles. The molecule has 0 bridgehead atoms. The predicted molar refractivity (Wildman–Crippen MR) is 110 cm³/mol. The van der Waals surface area contributed by atoms with Gasteiger partial charge < -0.3 is 15.5 Å². The van der Waals surface area contributed by atoms with Crippen molar-refractivity contribution in [3.05, 3.63) is 83.4 Å². The zero-order chi connectivity index (χ0) is 18.3. The van der Waals surface area contributed by atoms with E-state index < -0.39 is 0 Å². The van der Waals surface area contributed by atoms with Crippen LogP contribution in [0.1, 0.15) is 16.7 Å². The minimum Gasteiger partial charge on any atom is -0.397 e. The molecule has 0 fully saturated rings. The Bertz CT molecular complexity index is 979. The van der Waals surface area contributed by atoms with Gasteiger partial charge in [-0.2, -0.15) is 0 Å². The van der Waals surface area contributed by atoms with Crippen LogP contribution in [0.4, 0.5) is 22.7 Å². The average Bonchev–Trinajstić information content (AvgIpc) is 2.63. The van der Waals surface area contributed by atoms with Gasteiger partial charge in [-0.25, -0.2) is 0 Å². The number of hydrogen-bond acceptors (Lipinski definition) is 3. The first-order valence-corrected chi connectivity index (χ1v) is 8.70. The molecule has 4 nitrogen and oxygen atoms in total. The van der Waals surface area contributed by atoms with Gasteiger partial charge in [-0.3, -0.25) is 5.41 Å². The first-order valence-electron chi connectivity index (χ1n) is 8.70. The fraction of sp³-hybridized carbons (Fsp3) is 0.136. The SMILES string of the molecule is Cc1ccc(N2CN(c3ccccc3)C(=N)c3ccc(C)cc32)c(N)c1. The number of aryl methyl sites for hydroxylation is 2. The first-order chi connectivity index (χ1) is 12.5. The summed E-state index contributed by atoms with van der Waals surface area (Å²) in [5.74, 6) is 0.508. The van der Waals surface area contributed by atoms with Crippen LogP contribution in [-0.4, -0.2) is 12.5 Å². The van der Waals surface area contributed by atoms with E-state index in [0.29, 0.717) is 12.5 Å². The van der Waals surface area contributed by atoms with Gasteiger partial charge in [0, 0.05) is 11.3 Å². The van der Waals surface area contributed by atoms with Crippen LogP contribution in [0.5, 0.6) is 0 Å². The highest BCUT2D eigenvalue weighted by Gasteiger charge is 2.29. The molecule has 0 unspecified atom stereocenters. The minimum absolute atomic E-state index is 0.508. The first kappa shape index (κ1) is 16.2. The van der Waals surface area contributed by atoms with E-state index in [1.807, 2.05) is 54.3 Å². The number of nitrogens with one attached hydrogen (secondary N) is 1. The van der Waals surface area contributed by atoms with Crippen molar-refractivity contribution in [1.29, 1.82) is 5.41 Å². The maximum absolute atomic E-state index is 8.74. The van der Waals surface area contributed by atoms with Crippen molar-refractivity contribution in [2.45, 2.75) is 13.8 Å².